The Morgan fingerprint density at radius 3 is 2.43 bits per heavy atom. The Balaban J connectivity index is 1.71. The molecule has 0 aliphatic carbocycles. The zero-order valence-electron chi connectivity index (χ0n) is 15.5. The van der Waals surface area contributed by atoms with E-state index in [2.05, 4.69) is 15.2 Å². The second-order valence-corrected chi connectivity index (χ2v) is 7.93. The monoisotopic (exact) mass is 396 g/mol. The molecule has 28 heavy (non-hydrogen) atoms. The number of nitrogens with one attached hydrogen (secondary N) is 2. The van der Waals surface area contributed by atoms with Gasteiger partial charge in [0.1, 0.15) is 0 Å². The van der Waals surface area contributed by atoms with E-state index in [1.54, 1.807) is 42.2 Å². The summed E-state index contributed by atoms with van der Waals surface area (Å²) in [6, 6.07) is 17.3. The molecule has 0 saturated carbocycles. The molecule has 0 saturated heterocycles. The quantitative estimate of drug-likeness (QED) is 0.495. The normalized spacial score (nSPS) is 11.5. The fourth-order valence-corrected chi connectivity index (χ4v) is 3.45. The predicted octanol–water partition coefficient (Wildman–Crippen LogP) is 2.90. The molecule has 144 valence electrons. The number of rotatable bonds is 6. The Kier molecular flexibility index (Phi) is 5.60. The van der Waals surface area contributed by atoms with Crippen molar-refractivity contribution in [1.82, 2.24) is 9.29 Å². The summed E-state index contributed by atoms with van der Waals surface area (Å²) in [7, 11) is -2.19. The van der Waals surface area contributed by atoms with E-state index >= 15 is 0 Å². The molecule has 1 aromatic heterocycles. The number of para-hydroxylation sites is 1. The molecule has 1 amide bonds. The van der Waals surface area contributed by atoms with Crippen LogP contribution in [0.15, 0.2) is 76.9 Å². The van der Waals surface area contributed by atoms with Gasteiger partial charge in [0.2, 0.25) is 0 Å². The minimum atomic E-state index is -3.94. The van der Waals surface area contributed by atoms with Crippen LogP contribution in [0, 0.1) is 6.92 Å². The van der Waals surface area contributed by atoms with Gasteiger partial charge in [-0.25, -0.2) is 13.1 Å². The average molecular weight is 396 g/mol. The number of carbonyl (C=O) groups excluding carboxylic acids is 1. The number of sulfonamides is 1. The molecule has 0 aliphatic rings. The van der Waals surface area contributed by atoms with Crippen molar-refractivity contribution in [2.24, 2.45) is 12.1 Å². The molecule has 0 spiro atoms. The van der Waals surface area contributed by atoms with Crippen molar-refractivity contribution in [3.8, 4) is 0 Å². The van der Waals surface area contributed by atoms with E-state index < -0.39 is 15.9 Å². The lowest BCUT2D eigenvalue weighted by Gasteiger charge is -2.06. The number of hydrazone groups is 1. The van der Waals surface area contributed by atoms with Crippen molar-refractivity contribution in [1.29, 1.82) is 0 Å². The summed E-state index contributed by atoms with van der Waals surface area (Å²) < 4.78 is 28.5. The van der Waals surface area contributed by atoms with E-state index in [0.717, 1.165) is 11.3 Å². The molecule has 3 aromatic rings. The first kappa shape index (κ1) is 19.4. The zero-order chi connectivity index (χ0) is 20.1. The van der Waals surface area contributed by atoms with Crippen LogP contribution >= 0.6 is 0 Å². The van der Waals surface area contributed by atoms with Crippen molar-refractivity contribution in [3.05, 3.63) is 83.7 Å². The van der Waals surface area contributed by atoms with E-state index in [4.69, 9.17) is 0 Å². The van der Waals surface area contributed by atoms with Crippen LogP contribution in [0.3, 0.4) is 0 Å². The van der Waals surface area contributed by atoms with Gasteiger partial charge in [0.25, 0.3) is 15.9 Å². The summed E-state index contributed by atoms with van der Waals surface area (Å²) in [5.74, 6) is -0.702. The fraction of sp³-hybridized carbons (Fsp3) is 0.100. The number of carbonyl (C=O) groups is 1. The second-order valence-electron chi connectivity index (χ2n) is 6.25. The summed E-state index contributed by atoms with van der Waals surface area (Å²) in [6.45, 7) is 1.86. The number of benzene rings is 2. The molecule has 2 N–H and O–H groups in total. The van der Waals surface area contributed by atoms with E-state index in [9.17, 15) is 13.2 Å². The molecule has 0 bridgehead atoms. The van der Waals surface area contributed by atoms with Gasteiger partial charge in [-0.15, -0.1) is 0 Å². The third-order valence-corrected chi connectivity index (χ3v) is 5.38. The average Bonchev–Trinajstić information content (AvgIpc) is 3.04. The molecule has 0 radical (unpaired) electrons. The summed E-state index contributed by atoms with van der Waals surface area (Å²) in [5, 5.41) is 4.13. The van der Waals surface area contributed by atoms with Crippen molar-refractivity contribution in [3.63, 3.8) is 0 Å². The first-order valence-electron chi connectivity index (χ1n) is 8.49. The van der Waals surface area contributed by atoms with Gasteiger partial charge >= 0.3 is 0 Å². The molecule has 0 atom stereocenters. The van der Waals surface area contributed by atoms with Gasteiger partial charge in [-0.2, -0.15) is 5.10 Å². The number of aryl methyl sites for hydroxylation is 2. The van der Waals surface area contributed by atoms with Crippen molar-refractivity contribution >= 4 is 27.8 Å². The molecule has 2 aromatic carbocycles. The maximum absolute atomic E-state index is 12.4. The number of nitrogens with zero attached hydrogens (tertiary/aromatic N) is 2. The number of amides is 1. The van der Waals surface area contributed by atoms with Crippen molar-refractivity contribution in [2.75, 3.05) is 5.43 Å². The van der Waals surface area contributed by atoms with Gasteiger partial charge in [0.15, 0.2) is 0 Å². The van der Waals surface area contributed by atoms with Crippen LogP contribution in [0.1, 0.15) is 21.6 Å². The number of anilines is 1. The SMILES string of the molecule is Cc1ccc(S(=O)(=O)NC(=O)c2cc(/C=N/Nc3ccccc3)n(C)c2)cc1. The highest BCUT2D eigenvalue weighted by Crippen LogP contribution is 2.12. The lowest BCUT2D eigenvalue weighted by Crippen LogP contribution is -2.30. The Morgan fingerprint density at radius 1 is 1.07 bits per heavy atom. The fourth-order valence-electron chi connectivity index (χ4n) is 2.48. The smallest absolute Gasteiger partial charge is 0.266 e. The molecule has 3 rings (SSSR count). The van der Waals surface area contributed by atoms with Crippen LogP contribution in [0.5, 0.6) is 0 Å². The molecule has 0 fully saturated rings. The Morgan fingerprint density at radius 2 is 1.75 bits per heavy atom. The molecule has 8 heteroatoms. The van der Waals surface area contributed by atoms with Gasteiger partial charge < -0.3 is 4.57 Å². The minimum absolute atomic E-state index is 0.0382. The molecular weight excluding hydrogens is 376 g/mol. The van der Waals surface area contributed by atoms with Gasteiger partial charge in [0, 0.05) is 13.2 Å². The van der Waals surface area contributed by atoms with Crippen LogP contribution < -0.4 is 10.1 Å². The van der Waals surface area contributed by atoms with Crippen molar-refractivity contribution in [2.45, 2.75) is 11.8 Å². The minimum Gasteiger partial charge on any atom is -0.349 e. The number of hydrogen-bond donors (Lipinski definition) is 2. The van der Waals surface area contributed by atoms with E-state index in [1.165, 1.54) is 12.1 Å². The Hall–Kier alpha value is -3.39. The van der Waals surface area contributed by atoms with Crippen LogP contribution in [0.25, 0.3) is 0 Å². The summed E-state index contributed by atoms with van der Waals surface area (Å²) in [6.07, 6.45) is 3.10. The summed E-state index contributed by atoms with van der Waals surface area (Å²) in [4.78, 5) is 12.4. The zero-order valence-corrected chi connectivity index (χ0v) is 16.3. The topological polar surface area (TPSA) is 92.6 Å². The van der Waals surface area contributed by atoms with Crippen LogP contribution in [0.4, 0.5) is 5.69 Å². The molecule has 1 heterocycles. The highest BCUT2D eigenvalue weighted by atomic mass is 32.2. The van der Waals surface area contributed by atoms with Crippen LogP contribution in [0.2, 0.25) is 0 Å². The van der Waals surface area contributed by atoms with E-state index in [-0.39, 0.29) is 10.5 Å². The third-order valence-electron chi connectivity index (χ3n) is 4.03. The van der Waals surface area contributed by atoms with Crippen LogP contribution in [-0.2, 0) is 17.1 Å². The van der Waals surface area contributed by atoms with Gasteiger partial charge in [-0.1, -0.05) is 35.9 Å². The summed E-state index contributed by atoms with van der Waals surface area (Å²) >= 11 is 0. The molecular formula is C20H20N4O3S. The number of hydrogen-bond acceptors (Lipinski definition) is 5. The van der Waals surface area contributed by atoms with Gasteiger partial charge in [-0.05, 0) is 37.3 Å². The predicted molar refractivity (Wildman–Crippen MR) is 109 cm³/mol. The third kappa shape index (κ3) is 4.66. The standard InChI is InChI=1S/C20H20N4O3S/c1-15-8-10-19(11-9-15)28(26,27)23-20(25)16-12-18(24(2)14-16)13-21-22-17-6-4-3-5-7-17/h3-14,22H,1-2H3,(H,23,25)/b21-13+. The maximum atomic E-state index is 12.4. The van der Waals surface area contributed by atoms with Crippen molar-refractivity contribution < 1.29 is 13.2 Å². The maximum Gasteiger partial charge on any atom is 0.266 e. The first-order valence-corrected chi connectivity index (χ1v) is 9.98. The first-order chi connectivity index (χ1) is 13.3. The Labute approximate surface area is 163 Å². The molecule has 0 unspecified atom stereocenters. The second kappa shape index (κ2) is 8.10. The lowest BCUT2D eigenvalue weighted by atomic mass is 10.2. The number of aromatic nitrogens is 1. The Bertz CT molecular complexity index is 1100. The van der Waals surface area contributed by atoms with Gasteiger partial charge in [0.05, 0.1) is 28.1 Å². The molecule has 0 aliphatic heterocycles. The van der Waals surface area contributed by atoms with E-state index in [1.807, 2.05) is 37.3 Å². The highest BCUT2D eigenvalue weighted by molar-refractivity contribution is 7.90. The highest BCUT2D eigenvalue weighted by Gasteiger charge is 2.19. The summed E-state index contributed by atoms with van der Waals surface area (Å²) in [5.41, 5.74) is 5.51. The largest absolute Gasteiger partial charge is 0.349 e. The van der Waals surface area contributed by atoms with Crippen LogP contribution in [-0.4, -0.2) is 25.1 Å². The van der Waals surface area contributed by atoms with Gasteiger partial charge in [-0.3, -0.25) is 10.2 Å². The lowest BCUT2D eigenvalue weighted by molar-refractivity contribution is 0.0981. The molecule has 7 nitrogen and oxygen atoms in total. The van der Waals surface area contributed by atoms with E-state index in [0.29, 0.717) is 5.69 Å².